The lowest BCUT2D eigenvalue weighted by Crippen LogP contribution is -2.40. The van der Waals surface area contributed by atoms with Gasteiger partial charge in [-0.25, -0.2) is 0 Å². The van der Waals surface area contributed by atoms with Gasteiger partial charge in [0.1, 0.15) is 5.75 Å². The fourth-order valence-corrected chi connectivity index (χ4v) is 3.05. The first-order valence-electron chi connectivity index (χ1n) is 9.18. The largest absolute Gasteiger partial charge is 0.496 e. The highest BCUT2D eigenvalue weighted by Crippen LogP contribution is 2.38. The van der Waals surface area contributed by atoms with E-state index in [0.29, 0.717) is 30.4 Å². The fourth-order valence-electron chi connectivity index (χ4n) is 3.05. The molecule has 0 heterocycles. The molecule has 0 atom stereocenters. The number of benzene rings is 2. The summed E-state index contributed by atoms with van der Waals surface area (Å²) in [5, 5.41) is 3.62. The molecule has 0 bridgehead atoms. The van der Waals surface area contributed by atoms with E-state index < -0.39 is 0 Å². The topological polar surface area (TPSA) is 49.0 Å². The summed E-state index contributed by atoms with van der Waals surface area (Å²) in [7, 11) is 4.98. The van der Waals surface area contributed by atoms with Crippen molar-refractivity contribution in [2.45, 2.75) is 39.3 Å². The lowest BCUT2D eigenvalue weighted by atomic mass is 9.94. The minimum atomic E-state index is -0.117. The van der Waals surface area contributed by atoms with E-state index >= 15 is 0 Å². The smallest absolute Gasteiger partial charge is 0.203 e. The van der Waals surface area contributed by atoms with Crippen LogP contribution >= 0.6 is 0 Å². The number of methoxy groups -OCH3 is 3. The Morgan fingerprint density at radius 2 is 1.48 bits per heavy atom. The summed E-state index contributed by atoms with van der Waals surface area (Å²) >= 11 is 0. The summed E-state index contributed by atoms with van der Waals surface area (Å²) in [4.78, 5) is 0. The SMILES string of the molecule is CCOc1c(OC)cc(CNC(C)(C)Cc2ccccc2OC)cc1OC. The molecule has 0 saturated carbocycles. The van der Waals surface area contributed by atoms with E-state index in [9.17, 15) is 0 Å². The Morgan fingerprint density at radius 3 is 2.04 bits per heavy atom. The first-order chi connectivity index (χ1) is 12.9. The molecule has 0 aliphatic heterocycles. The lowest BCUT2D eigenvalue weighted by molar-refractivity contribution is 0.287. The minimum absolute atomic E-state index is 0.117. The summed E-state index contributed by atoms with van der Waals surface area (Å²) in [6.45, 7) is 7.54. The van der Waals surface area contributed by atoms with Crippen LogP contribution in [-0.4, -0.2) is 33.5 Å². The van der Waals surface area contributed by atoms with Crippen molar-refractivity contribution in [2.24, 2.45) is 0 Å². The number of para-hydroxylation sites is 1. The number of hydrogen-bond donors (Lipinski definition) is 1. The predicted molar refractivity (Wildman–Crippen MR) is 108 cm³/mol. The van der Waals surface area contributed by atoms with E-state index in [1.54, 1.807) is 21.3 Å². The lowest BCUT2D eigenvalue weighted by Gasteiger charge is -2.28. The number of nitrogens with one attached hydrogen (secondary N) is 1. The van der Waals surface area contributed by atoms with Gasteiger partial charge >= 0.3 is 0 Å². The van der Waals surface area contributed by atoms with Crippen LogP contribution < -0.4 is 24.3 Å². The second-order valence-electron chi connectivity index (χ2n) is 6.99. The number of rotatable bonds is 10. The van der Waals surface area contributed by atoms with Gasteiger partial charge in [-0.1, -0.05) is 18.2 Å². The molecule has 2 aromatic carbocycles. The third-order valence-corrected chi connectivity index (χ3v) is 4.41. The van der Waals surface area contributed by atoms with Gasteiger partial charge in [-0.15, -0.1) is 0 Å². The molecule has 0 saturated heterocycles. The van der Waals surface area contributed by atoms with Crippen LogP contribution in [0.3, 0.4) is 0 Å². The molecule has 0 fully saturated rings. The predicted octanol–water partition coefficient (Wildman–Crippen LogP) is 4.22. The maximum absolute atomic E-state index is 5.67. The van der Waals surface area contributed by atoms with Crippen LogP contribution in [0.5, 0.6) is 23.0 Å². The molecule has 2 aromatic rings. The number of ether oxygens (including phenoxy) is 4. The molecule has 5 heteroatoms. The Balaban J connectivity index is 2.14. The fraction of sp³-hybridized carbons (Fsp3) is 0.455. The van der Waals surface area contributed by atoms with Crippen LogP contribution in [0.2, 0.25) is 0 Å². The zero-order valence-corrected chi connectivity index (χ0v) is 17.2. The van der Waals surface area contributed by atoms with Crippen molar-refractivity contribution >= 4 is 0 Å². The second-order valence-corrected chi connectivity index (χ2v) is 6.99. The van der Waals surface area contributed by atoms with Gasteiger partial charge in [0.2, 0.25) is 5.75 Å². The highest BCUT2D eigenvalue weighted by molar-refractivity contribution is 5.54. The van der Waals surface area contributed by atoms with Gasteiger partial charge in [0.25, 0.3) is 0 Å². The Labute approximate surface area is 162 Å². The van der Waals surface area contributed by atoms with E-state index in [4.69, 9.17) is 18.9 Å². The molecule has 0 amide bonds. The van der Waals surface area contributed by atoms with Gasteiger partial charge < -0.3 is 24.3 Å². The Kier molecular flexibility index (Phi) is 7.36. The Morgan fingerprint density at radius 1 is 0.889 bits per heavy atom. The zero-order chi connectivity index (χ0) is 19.9. The minimum Gasteiger partial charge on any atom is -0.496 e. The van der Waals surface area contributed by atoms with Gasteiger partial charge in [-0.2, -0.15) is 0 Å². The van der Waals surface area contributed by atoms with E-state index in [0.717, 1.165) is 17.7 Å². The average molecular weight is 373 g/mol. The molecule has 0 spiro atoms. The molecule has 0 unspecified atom stereocenters. The Hall–Kier alpha value is -2.40. The third kappa shape index (κ3) is 5.54. The van der Waals surface area contributed by atoms with Gasteiger partial charge in [-0.3, -0.25) is 0 Å². The van der Waals surface area contributed by atoms with Gasteiger partial charge in [0, 0.05) is 12.1 Å². The summed E-state index contributed by atoms with van der Waals surface area (Å²) in [6.07, 6.45) is 0.850. The molecule has 0 radical (unpaired) electrons. The highest BCUT2D eigenvalue weighted by Gasteiger charge is 2.21. The third-order valence-electron chi connectivity index (χ3n) is 4.41. The van der Waals surface area contributed by atoms with Crippen molar-refractivity contribution in [3.8, 4) is 23.0 Å². The van der Waals surface area contributed by atoms with Crippen molar-refractivity contribution < 1.29 is 18.9 Å². The van der Waals surface area contributed by atoms with Crippen LogP contribution in [0, 0.1) is 0 Å². The van der Waals surface area contributed by atoms with Crippen LogP contribution in [0.15, 0.2) is 36.4 Å². The van der Waals surface area contributed by atoms with Crippen LogP contribution in [0.1, 0.15) is 31.9 Å². The van der Waals surface area contributed by atoms with Gasteiger partial charge in [0.15, 0.2) is 11.5 Å². The first-order valence-corrected chi connectivity index (χ1v) is 9.18. The van der Waals surface area contributed by atoms with Crippen LogP contribution in [0.25, 0.3) is 0 Å². The van der Waals surface area contributed by atoms with Crippen molar-refractivity contribution in [1.82, 2.24) is 5.32 Å². The van der Waals surface area contributed by atoms with Crippen molar-refractivity contribution in [2.75, 3.05) is 27.9 Å². The molecule has 1 N–H and O–H groups in total. The molecule has 0 aliphatic carbocycles. The van der Waals surface area contributed by atoms with Gasteiger partial charge in [0.05, 0.1) is 27.9 Å². The monoisotopic (exact) mass is 373 g/mol. The average Bonchev–Trinajstić information content (AvgIpc) is 2.67. The van der Waals surface area contributed by atoms with Crippen molar-refractivity contribution in [3.63, 3.8) is 0 Å². The standard InChI is InChI=1S/C22H31NO4/c1-7-27-21-19(25-5)12-16(13-20(21)26-6)15-23-22(2,3)14-17-10-8-9-11-18(17)24-4/h8-13,23H,7,14-15H2,1-6H3. The molecule has 27 heavy (non-hydrogen) atoms. The van der Waals surface area contributed by atoms with Gasteiger partial charge in [-0.05, 0) is 56.5 Å². The maximum Gasteiger partial charge on any atom is 0.203 e. The van der Waals surface area contributed by atoms with E-state index in [2.05, 4.69) is 25.2 Å². The summed E-state index contributed by atoms with van der Waals surface area (Å²) in [5.41, 5.74) is 2.13. The molecule has 0 aromatic heterocycles. The first kappa shape index (κ1) is 20.9. The summed E-state index contributed by atoms with van der Waals surface area (Å²) in [5.74, 6) is 2.90. The normalized spacial score (nSPS) is 11.2. The quantitative estimate of drug-likeness (QED) is 0.676. The van der Waals surface area contributed by atoms with Crippen molar-refractivity contribution in [3.05, 3.63) is 47.5 Å². The van der Waals surface area contributed by atoms with E-state index in [1.165, 1.54) is 5.56 Å². The highest BCUT2D eigenvalue weighted by atomic mass is 16.5. The maximum atomic E-state index is 5.67. The Bertz CT molecular complexity index is 718. The molecule has 0 aliphatic rings. The van der Waals surface area contributed by atoms with Crippen LogP contribution in [0.4, 0.5) is 0 Å². The zero-order valence-electron chi connectivity index (χ0n) is 17.2. The molecule has 148 valence electrons. The molecule has 5 nitrogen and oxygen atoms in total. The molecule has 2 rings (SSSR count). The van der Waals surface area contributed by atoms with Crippen molar-refractivity contribution in [1.29, 1.82) is 0 Å². The molecular weight excluding hydrogens is 342 g/mol. The summed E-state index contributed by atoms with van der Waals surface area (Å²) in [6, 6.07) is 12.1. The number of hydrogen-bond acceptors (Lipinski definition) is 5. The van der Waals surface area contributed by atoms with Crippen LogP contribution in [-0.2, 0) is 13.0 Å². The second kappa shape index (κ2) is 9.51. The van der Waals surface area contributed by atoms with E-state index in [1.807, 2.05) is 37.3 Å². The summed E-state index contributed by atoms with van der Waals surface area (Å²) < 4.78 is 22.1. The molecular formula is C22H31NO4. The van der Waals surface area contributed by atoms with E-state index in [-0.39, 0.29) is 5.54 Å².